The van der Waals surface area contributed by atoms with Crippen LogP contribution in [0.4, 0.5) is 23.9 Å². The van der Waals surface area contributed by atoms with Gasteiger partial charge >= 0.3 is 18.2 Å². The Labute approximate surface area is 154 Å². The van der Waals surface area contributed by atoms with E-state index < -0.39 is 18.2 Å². The number of aromatic nitrogens is 5. The van der Waals surface area contributed by atoms with Crippen LogP contribution in [-0.4, -0.2) is 38.3 Å². The predicted molar refractivity (Wildman–Crippen MR) is 84.9 cm³/mol. The highest BCUT2D eigenvalue weighted by atomic mass is 19.4. The van der Waals surface area contributed by atoms with Crippen LogP contribution in [0.1, 0.15) is 11.5 Å². The number of carbonyl (C=O) groups excluding carboxylic acids is 1. The van der Waals surface area contributed by atoms with Gasteiger partial charge < -0.3 is 14.0 Å². The average molecular weight is 396 g/mol. The first-order valence-electron chi connectivity index (χ1n) is 7.51. The molecule has 3 heterocycles. The van der Waals surface area contributed by atoms with Crippen molar-refractivity contribution in [3.63, 3.8) is 0 Å². The summed E-state index contributed by atoms with van der Waals surface area (Å²) in [6, 6.07) is 1.61. The van der Waals surface area contributed by atoms with Gasteiger partial charge in [0.1, 0.15) is 12.4 Å². The number of anilines is 1. The molecule has 146 valence electrons. The first-order valence-corrected chi connectivity index (χ1v) is 7.51. The van der Waals surface area contributed by atoms with Crippen LogP contribution in [0, 0.1) is 0 Å². The minimum Gasteiger partial charge on any atom is -0.496 e. The summed E-state index contributed by atoms with van der Waals surface area (Å²) in [4.78, 5) is 26.5. The van der Waals surface area contributed by atoms with Gasteiger partial charge in [-0.25, -0.2) is 14.8 Å². The first-order chi connectivity index (χ1) is 13.4. The van der Waals surface area contributed by atoms with Crippen LogP contribution in [0.5, 0.6) is 5.75 Å². The molecule has 0 saturated carbocycles. The summed E-state index contributed by atoms with van der Waals surface area (Å²) in [5.41, 5.74) is 0.618. The van der Waals surface area contributed by atoms with Crippen molar-refractivity contribution in [1.82, 2.24) is 25.1 Å². The second-order valence-corrected chi connectivity index (χ2v) is 5.10. The molecule has 3 rings (SSSR count). The molecule has 28 heavy (non-hydrogen) atoms. The summed E-state index contributed by atoms with van der Waals surface area (Å²) in [6.07, 6.45) is -0.349. The fourth-order valence-electron chi connectivity index (χ4n) is 1.96. The molecule has 0 aliphatic heterocycles. The van der Waals surface area contributed by atoms with Crippen molar-refractivity contribution in [2.24, 2.45) is 0 Å². The molecule has 1 amide bonds. The Balaban J connectivity index is 1.59. The minimum atomic E-state index is -4.76. The van der Waals surface area contributed by atoms with Crippen LogP contribution in [0.25, 0.3) is 11.4 Å². The van der Waals surface area contributed by atoms with E-state index >= 15 is 0 Å². The van der Waals surface area contributed by atoms with Crippen molar-refractivity contribution in [3.05, 3.63) is 42.3 Å². The summed E-state index contributed by atoms with van der Waals surface area (Å²) >= 11 is 0. The molecule has 0 unspecified atom stereocenters. The maximum absolute atomic E-state index is 12.5. The van der Waals surface area contributed by atoms with E-state index in [4.69, 9.17) is 9.47 Å². The van der Waals surface area contributed by atoms with Gasteiger partial charge in [-0.2, -0.15) is 18.2 Å². The molecular weight excluding hydrogens is 385 g/mol. The number of nitrogens with one attached hydrogen (secondary N) is 1. The summed E-state index contributed by atoms with van der Waals surface area (Å²) in [5.74, 6) is -1.46. The van der Waals surface area contributed by atoms with Crippen molar-refractivity contribution >= 4 is 12.0 Å². The second-order valence-electron chi connectivity index (χ2n) is 5.10. The molecule has 3 aromatic rings. The smallest absolute Gasteiger partial charge is 0.471 e. The predicted octanol–water partition coefficient (Wildman–Crippen LogP) is 2.70. The van der Waals surface area contributed by atoms with Gasteiger partial charge in [0.25, 0.3) is 0 Å². The number of ether oxygens (including phenoxy) is 2. The number of pyridine rings is 1. The first kappa shape index (κ1) is 19.0. The number of alkyl halides is 3. The molecule has 1 N–H and O–H groups in total. The Hall–Kier alpha value is -3.77. The third-order valence-electron chi connectivity index (χ3n) is 3.23. The van der Waals surface area contributed by atoms with Crippen molar-refractivity contribution in [2.75, 3.05) is 12.4 Å². The van der Waals surface area contributed by atoms with E-state index in [9.17, 15) is 18.0 Å². The number of hydrogen-bond acceptors (Lipinski definition) is 9. The molecule has 0 fully saturated rings. The molecule has 0 atom stereocenters. The van der Waals surface area contributed by atoms with Crippen LogP contribution in [0.2, 0.25) is 0 Å². The Morgan fingerprint density at radius 1 is 1.25 bits per heavy atom. The van der Waals surface area contributed by atoms with Gasteiger partial charge in [0.2, 0.25) is 11.8 Å². The van der Waals surface area contributed by atoms with Gasteiger partial charge in [-0.05, 0) is 6.07 Å². The molecule has 0 aliphatic carbocycles. The van der Waals surface area contributed by atoms with Crippen molar-refractivity contribution in [3.8, 4) is 17.1 Å². The van der Waals surface area contributed by atoms with E-state index in [1.807, 2.05) is 0 Å². The van der Waals surface area contributed by atoms with Crippen LogP contribution in [0.15, 0.2) is 35.4 Å². The number of methoxy groups -OCH3 is 1. The van der Waals surface area contributed by atoms with Gasteiger partial charge in [0, 0.05) is 30.4 Å². The maximum atomic E-state index is 12.5. The quantitative estimate of drug-likeness (QED) is 0.693. The average Bonchev–Trinajstić information content (AvgIpc) is 3.18. The normalized spacial score (nSPS) is 11.1. The van der Waals surface area contributed by atoms with E-state index in [1.54, 1.807) is 6.07 Å². The van der Waals surface area contributed by atoms with Gasteiger partial charge in [-0.1, -0.05) is 5.16 Å². The topological polar surface area (TPSA) is 125 Å². The van der Waals surface area contributed by atoms with Crippen molar-refractivity contribution < 1.29 is 32.0 Å². The molecule has 0 saturated heterocycles. The van der Waals surface area contributed by atoms with Gasteiger partial charge in [-0.3, -0.25) is 10.3 Å². The largest absolute Gasteiger partial charge is 0.496 e. The molecule has 10 nitrogen and oxygen atoms in total. The third kappa shape index (κ3) is 4.49. The Bertz CT molecular complexity index is 961. The van der Waals surface area contributed by atoms with Crippen LogP contribution in [-0.2, 0) is 17.5 Å². The van der Waals surface area contributed by atoms with E-state index in [-0.39, 0.29) is 23.9 Å². The summed E-state index contributed by atoms with van der Waals surface area (Å²) in [7, 11) is 1.47. The van der Waals surface area contributed by atoms with Crippen LogP contribution < -0.4 is 10.1 Å². The molecule has 3 aromatic heterocycles. The lowest BCUT2D eigenvalue weighted by molar-refractivity contribution is -0.159. The van der Waals surface area contributed by atoms with Gasteiger partial charge in [0.15, 0.2) is 0 Å². The Morgan fingerprint density at radius 2 is 2.00 bits per heavy atom. The summed E-state index contributed by atoms with van der Waals surface area (Å²) in [6.45, 7) is -0.107. The van der Waals surface area contributed by atoms with Crippen LogP contribution >= 0.6 is 0 Å². The summed E-state index contributed by atoms with van der Waals surface area (Å²) in [5, 5.41) is 5.48. The van der Waals surface area contributed by atoms with Gasteiger partial charge in [0.05, 0.1) is 12.7 Å². The Kier molecular flexibility index (Phi) is 5.33. The lowest BCUT2D eigenvalue weighted by atomic mass is 10.3. The lowest BCUT2D eigenvalue weighted by Crippen LogP contribution is -2.15. The molecule has 0 bridgehead atoms. The third-order valence-corrected chi connectivity index (χ3v) is 3.23. The highest BCUT2D eigenvalue weighted by Crippen LogP contribution is 2.29. The fourth-order valence-corrected chi connectivity index (χ4v) is 1.96. The zero-order valence-electron chi connectivity index (χ0n) is 14.1. The van der Waals surface area contributed by atoms with E-state index in [0.29, 0.717) is 11.3 Å². The highest BCUT2D eigenvalue weighted by Gasteiger charge is 2.38. The fraction of sp³-hybridized carbons (Fsp3) is 0.200. The summed E-state index contributed by atoms with van der Waals surface area (Å²) < 4.78 is 51.6. The SMILES string of the molecule is COc1ccncc1COC(=O)Nc1ncc(-c2noc(C(F)(F)F)n2)cn1. The van der Waals surface area contributed by atoms with Crippen molar-refractivity contribution in [2.45, 2.75) is 12.8 Å². The number of rotatable bonds is 5. The zero-order chi connectivity index (χ0) is 20.1. The van der Waals surface area contributed by atoms with E-state index in [1.165, 1.54) is 19.5 Å². The molecule has 0 aromatic carbocycles. The molecule has 0 spiro atoms. The number of nitrogens with zero attached hydrogens (tertiary/aromatic N) is 5. The maximum Gasteiger partial charge on any atom is 0.471 e. The van der Waals surface area contributed by atoms with Crippen molar-refractivity contribution in [1.29, 1.82) is 0 Å². The van der Waals surface area contributed by atoms with E-state index in [2.05, 4.69) is 34.9 Å². The molecular formula is C15H11F3N6O4. The highest BCUT2D eigenvalue weighted by molar-refractivity contribution is 5.82. The monoisotopic (exact) mass is 396 g/mol. The standard InChI is InChI=1S/C15H11F3N6O4/c1-26-10-2-3-19-4-9(10)7-27-14(25)23-13-20-5-8(6-21-13)11-22-12(28-24-11)15(16,17)18/h2-6H,7H2,1H3,(H,20,21,23,25). The molecule has 0 radical (unpaired) electrons. The Morgan fingerprint density at radius 3 is 2.64 bits per heavy atom. The number of carbonyl (C=O) groups is 1. The number of amides is 1. The zero-order valence-corrected chi connectivity index (χ0v) is 14.1. The minimum absolute atomic E-state index is 0.0678. The number of hydrogen-bond donors (Lipinski definition) is 1. The van der Waals surface area contributed by atoms with E-state index in [0.717, 1.165) is 12.4 Å². The molecule has 13 heteroatoms. The second kappa shape index (κ2) is 7.85. The molecule has 0 aliphatic rings. The van der Waals surface area contributed by atoms with Gasteiger partial charge in [-0.15, -0.1) is 0 Å². The number of halogens is 3. The van der Waals surface area contributed by atoms with Crippen LogP contribution in [0.3, 0.4) is 0 Å². The lowest BCUT2D eigenvalue weighted by Gasteiger charge is -2.08.